The molecule has 2 amide bonds. The minimum atomic E-state index is -0.924. The van der Waals surface area contributed by atoms with Gasteiger partial charge in [-0.2, -0.15) is 0 Å². The lowest BCUT2D eigenvalue weighted by Crippen LogP contribution is -2.58. The summed E-state index contributed by atoms with van der Waals surface area (Å²) in [5, 5.41) is 0. The van der Waals surface area contributed by atoms with Crippen LogP contribution in [0.4, 0.5) is 9.59 Å². The zero-order valence-electron chi connectivity index (χ0n) is 23.3. The monoisotopic (exact) mass is 524 g/mol. The van der Waals surface area contributed by atoms with Gasteiger partial charge in [0.1, 0.15) is 23.7 Å². The Morgan fingerprint density at radius 1 is 1.13 bits per heavy atom. The summed E-state index contributed by atoms with van der Waals surface area (Å²) < 4.78 is 22.9. The molecule has 2 aromatic rings. The van der Waals surface area contributed by atoms with Crippen molar-refractivity contribution in [2.24, 2.45) is 0 Å². The summed E-state index contributed by atoms with van der Waals surface area (Å²) in [4.78, 5) is 30.3. The van der Waals surface area contributed by atoms with E-state index in [0.717, 1.165) is 16.9 Å². The summed E-state index contributed by atoms with van der Waals surface area (Å²) in [6.45, 7) is 13.7. The molecule has 1 heterocycles. The van der Waals surface area contributed by atoms with E-state index in [-0.39, 0.29) is 19.8 Å². The van der Waals surface area contributed by atoms with E-state index in [4.69, 9.17) is 18.9 Å². The Bertz CT molecular complexity index is 1080. The lowest BCUT2D eigenvalue weighted by atomic mass is 10.0. The number of nitrogens with zero attached hydrogens (tertiary/aromatic N) is 2. The van der Waals surface area contributed by atoms with Gasteiger partial charge in [-0.05, 0) is 64.3 Å². The van der Waals surface area contributed by atoms with Crippen LogP contribution in [0.2, 0.25) is 0 Å². The van der Waals surface area contributed by atoms with E-state index in [2.05, 4.69) is 6.58 Å². The zero-order valence-corrected chi connectivity index (χ0v) is 23.3. The minimum absolute atomic E-state index is 0.127. The second-order valence-electron chi connectivity index (χ2n) is 10.8. The Labute approximate surface area is 226 Å². The van der Waals surface area contributed by atoms with Crippen LogP contribution in [0.15, 0.2) is 67.3 Å². The first kappa shape index (κ1) is 29.0. The number of methoxy groups -OCH3 is 1. The number of hydrogen-bond donors (Lipinski definition) is 0. The molecule has 0 saturated carbocycles. The van der Waals surface area contributed by atoms with Crippen LogP contribution >= 0.6 is 0 Å². The van der Waals surface area contributed by atoms with E-state index < -0.39 is 35.6 Å². The molecular weight excluding hydrogens is 484 g/mol. The van der Waals surface area contributed by atoms with Crippen molar-refractivity contribution in [3.05, 3.63) is 78.4 Å². The molecule has 206 valence electrons. The van der Waals surface area contributed by atoms with Gasteiger partial charge in [-0.25, -0.2) is 9.59 Å². The van der Waals surface area contributed by atoms with Gasteiger partial charge < -0.3 is 18.9 Å². The number of ether oxygens (including phenoxy) is 4. The van der Waals surface area contributed by atoms with Gasteiger partial charge in [0.25, 0.3) is 0 Å². The number of carbonyl (C=O) groups excluding carboxylic acids is 2. The third-order valence-electron chi connectivity index (χ3n) is 6.31. The summed E-state index contributed by atoms with van der Waals surface area (Å²) in [7, 11) is 1.61. The van der Waals surface area contributed by atoms with Gasteiger partial charge in [0, 0.05) is 6.54 Å². The van der Waals surface area contributed by atoms with Gasteiger partial charge >= 0.3 is 12.2 Å². The Morgan fingerprint density at radius 3 is 2.37 bits per heavy atom. The first-order chi connectivity index (χ1) is 17.9. The maximum Gasteiger partial charge on any atom is 0.412 e. The lowest BCUT2D eigenvalue weighted by molar-refractivity contribution is -0.0657. The van der Waals surface area contributed by atoms with Crippen LogP contribution in [0.25, 0.3) is 0 Å². The predicted molar refractivity (Wildman–Crippen MR) is 146 cm³/mol. The molecule has 2 aromatic carbocycles. The molecular formula is C30H40N2O6. The second-order valence-corrected chi connectivity index (χ2v) is 10.8. The van der Waals surface area contributed by atoms with Gasteiger partial charge in [0.2, 0.25) is 0 Å². The highest BCUT2D eigenvalue weighted by molar-refractivity contribution is 5.71. The molecule has 8 heteroatoms. The van der Waals surface area contributed by atoms with E-state index in [9.17, 15) is 9.59 Å². The molecule has 38 heavy (non-hydrogen) atoms. The minimum Gasteiger partial charge on any atom is -0.497 e. The maximum atomic E-state index is 13.7. The molecule has 3 rings (SSSR count). The van der Waals surface area contributed by atoms with Crippen LogP contribution in [-0.4, -0.2) is 59.1 Å². The standard InChI is InChI=1S/C30H40N2O6/c1-8-12-25(26-21-37-30(5,6)32(26)28(34)38-29(2,3)4)31(19-22-15-17-24(35-7)18-16-22)27(33)36-20-23-13-10-9-11-14-23/h8-11,13-18,25-26H,1,12,19-21H2,2-7H3/t25-,26-/m0/s1. The molecule has 1 fully saturated rings. The molecule has 0 spiro atoms. The fourth-order valence-electron chi connectivity index (χ4n) is 4.49. The molecule has 0 aliphatic carbocycles. The second kappa shape index (κ2) is 12.3. The van der Waals surface area contributed by atoms with Crippen molar-refractivity contribution in [3.63, 3.8) is 0 Å². The average Bonchev–Trinajstić information content (AvgIpc) is 3.19. The van der Waals surface area contributed by atoms with Crippen LogP contribution in [0, 0.1) is 0 Å². The third kappa shape index (κ3) is 7.51. The molecule has 1 aliphatic heterocycles. The molecule has 0 aromatic heterocycles. The Hall–Kier alpha value is -3.52. The van der Waals surface area contributed by atoms with Gasteiger partial charge in [-0.1, -0.05) is 48.5 Å². The Morgan fingerprint density at radius 2 is 1.79 bits per heavy atom. The fraction of sp³-hybridized carbons (Fsp3) is 0.467. The van der Waals surface area contributed by atoms with E-state index in [0.29, 0.717) is 6.42 Å². The molecule has 1 saturated heterocycles. The average molecular weight is 525 g/mol. The largest absolute Gasteiger partial charge is 0.497 e. The summed E-state index contributed by atoms with van der Waals surface area (Å²) >= 11 is 0. The number of benzene rings is 2. The number of hydrogen-bond acceptors (Lipinski definition) is 6. The summed E-state index contributed by atoms with van der Waals surface area (Å²) in [5.74, 6) is 0.719. The molecule has 0 unspecified atom stereocenters. The number of rotatable bonds is 9. The first-order valence-electron chi connectivity index (χ1n) is 12.8. The highest BCUT2D eigenvalue weighted by Gasteiger charge is 2.50. The molecule has 0 radical (unpaired) electrons. The van der Waals surface area contributed by atoms with E-state index in [1.54, 1.807) is 23.0 Å². The topological polar surface area (TPSA) is 77.5 Å². The summed E-state index contributed by atoms with van der Waals surface area (Å²) in [6, 6.07) is 16.1. The van der Waals surface area contributed by atoms with Gasteiger partial charge in [-0.3, -0.25) is 9.80 Å². The van der Waals surface area contributed by atoms with Crippen molar-refractivity contribution in [1.29, 1.82) is 0 Å². The Kier molecular flexibility index (Phi) is 9.44. The van der Waals surface area contributed by atoms with Crippen LogP contribution in [0.1, 0.15) is 52.2 Å². The molecule has 8 nitrogen and oxygen atoms in total. The molecule has 0 bridgehead atoms. The van der Waals surface area contributed by atoms with Crippen molar-refractivity contribution < 1.29 is 28.5 Å². The Balaban J connectivity index is 1.95. The van der Waals surface area contributed by atoms with Gasteiger partial charge in [-0.15, -0.1) is 6.58 Å². The van der Waals surface area contributed by atoms with Crippen LogP contribution in [0.5, 0.6) is 5.75 Å². The van der Waals surface area contributed by atoms with Gasteiger partial charge in [0.15, 0.2) is 0 Å². The third-order valence-corrected chi connectivity index (χ3v) is 6.31. The molecule has 0 N–H and O–H groups in total. The van der Waals surface area contributed by atoms with Crippen LogP contribution in [-0.2, 0) is 27.4 Å². The normalized spacial score (nSPS) is 17.4. The van der Waals surface area contributed by atoms with Crippen molar-refractivity contribution in [3.8, 4) is 5.75 Å². The quantitative estimate of drug-likeness (QED) is 0.366. The first-order valence-corrected chi connectivity index (χ1v) is 12.8. The highest BCUT2D eigenvalue weighted by atomic mass is 16.6. The zero-order chi connectivity index (χ0) is 27.9. The van der Waals surface area contributed by atoms with Gasteiger partial charge in [0.05, 0.1) is 25.8 Å². The van der Waals surface area contributed by atoms with Crippen molar-refractivity contribution in [2.45, 2.75) is 77.6 Å². The smallest absolute Gasteiger partial charge is 0.412 e. The van der Waals surface area contributed by atoms with Crippen LogP contribution in [0.3, 0.4) is 0 Å². The van der Waals surface area contributed by atoms with E-state index in [1.807, 2.05) is 89.2 Å². The van der Waals surface area contributed by atoms with E-state index >= 15 is 0 Å². The molecule has 2 atom stereocenters. The van der Waals surface area contributed by atoms with Crippen molar-refractivity contribution >= 4 is 12.2 Å². The number of carbonyl (C=O) groups is 2. The number of amides is 2. The van der Waals surface area contributed by atoms with Crippen molar-refractivity contribution in [2.75, 3.05) is 13.7 Å². The van der Waals surface area contributed by atoms with Crippen molar-refractivity contribution in [1.82, 2.24) is 9.80 Å². The summed E-state index contributed by atoms with van der Waals surface area (Å²) in [5.41, 5.74) is 0.155. The molecule has 1 aliphatic rings. The maximum absolute atomic E-state index is 13.7. The van der Waals surface area contributed by atoms with Crippen LogP contribution < -0.4 is 4.74 Å². The predicted octanol–water partition coefficient (Wildman–Crippen LogP) is 6.15. The SMILES string of the molecule is C=CC[C@@H]([C@@H]1COC(C)(C)N1C(=O)OC(C)(C)C)N(Cc1ccc(OC)cc1)C(=O)OCc1ccccc1. The fourth-order valence-corrected chi connectivity index (χ4v) is 4.49. The summed E-state index contributed by atoms with van der Waals surface area (Å²) in [6.07, 6.45) is 1.17. The highest BCUT2D eigenvalue weighted by Crippen LogP contribution is 2.34. The van der Waals surface area contributed by atoms with E-state index in [1.165, 1.54) is 0 Å². The lowest BCUT2D eigenvalue weighted by Gasteiger charge is -2.41.